The normalized spacial score (nSPS) is 17.0. The van der Waals surface area contributed by atoms with Gasteiger partial charge in [-0.05, 0) is 108 Å². The topological polar surface area (TPSA) is 41.6 Å². The van der Waals surface area contributed by atoms with Gasteiger partial charge in [0.2, 0.25) is 5.91 Å². The number of ether oxygens (including phenoxy) is 1. The predicted octanol–water partition coefficient (Wildman–Crippen LogP) is 11.2. The number of methoxy groups -OCH3 is 1. The fourth-order valence-corrected chi connectivity index (χ4v) is 8.37. The van der Waals surface area contributed by atoms with Crippen molar-refractivity contribution in [2.75, 3.05) is 31.7 Å². The van der Waals surface area contributed by atoms with Gasteiger partial charge in [0, 0.05) is 53.7 Å². The van der Waals surface area contributed by atoms with Crippen LogP contribution in [0.5, 0.6) is 0 Å². The highest BCUT2D eigenvalue weighted by molar-refractivity contribution is 7.80. The molecule has 0 radical (unpaired) electrons. The minimum absolute atomic E-state index is 0.0983. The van der Waals surface area contributed by atoms with Crippen LogP contribution in [-0.2, 0) is 20.4 Å². The number of amides is 1. The molecule has 1 aliphatic heterocycles. The van der Waals surface area contributed by atoms with Crippen molar-refractivity contribution < 1.29 is 9.53 Å². The lowest BCUT2D eigenvalue weighted by Crippen LogP contribution is -2.28. The zero-order valence-electron chi connectivity index (χ0n) is 31.7. The van der Waals surface area contributed by atoms with Crippen LogP contribution in [0.4, 0.5) is 5.69 Å². The van der Waals surface area contributed by atoms with Gasteiger partial charge in [-0.3, -0.25) is 4.79 Å². The van der Waals surface area contributed by atoms with Crippen LogP contribution in [0.1, 0.15) is 82.1 Å². The van der Waals surface area contributed by atoms with Crippen molar-refractivity contribution in [3.63, 3.8) is 0 Å². The molecule has 0 saturated carbocycles. The molecule has 1 atom stereocenters. The molecule has 4 aromatic carbocycles. The second-order valence-corrected chi connectivity index (χ2v) is 15.2. The second kappa shape index (κ2) is 16.5. The van der Waals surface area contributed by atoms with Crippen molar-refractivity contribution >= 4 is 45.8 Å². The van der Waals surface area contributed by atoms with Crippen LogP contribution < -0.4 is 10.2 Å². The van der Waals surface area contributed by atoms with E-state index in [9.17, 15) is 4.79 Å². The van der Waals surface area contributed by atoms with Crippen LogP contribution in [0.3, 0.4) is 0 Å². The average Bonchev–Trinajstić information content (AvgIpc) is 3.35. The van der Waals surface area contributed by atoms with Crippen molar-refractivity contribution in [1.82, 2.24) is 5.32 Å². The summed E-state index contributed by atoms with van der Waals surface area (Å²) in [6.45, 7) is 20.1. The summed E-state index contributed by atoms with van der Waals surface area (Å²) in [4.78, 5) is 15.8. The molecule has 4 aromatic rings. The molecule has 1 aliphatic rings. The minimum Gasteiger partial charge on any atom is -0.383 e. The lowest BCUT2D eigenvalue weighted by Gasteiger charge is -2.30. The summed E-state index contributed by atoms with van der Waals surface area (Å²) in [6, 6.07) is 22.0. The van der Waals surface area contributed by atoms with Gasteiger partial charge >= 0.3 is 0 Å². The highest BCUT2D eigenvalue weighted by Gasteiger charge is 2.43. The van der Waals surface area contributed by atoms with Crippen molar-refractivity contribution in [3.05, 3.63) is 131 Å². The molecule has 5 rings (SSSR count). The number of carbonyl (C=O) groups excluding carboxylic acids is 1. The Kier molecular flexibility index (Phi) is 12.4. The zero-order valence-corrected chi connectivity index (χ0v) is 32.6. The van der Waals surface area contributed by atoms with E-state index in [0.717, 1.165) is 42.7 Å². The van der Waals surface area contributed by atoms with Gasteiger partial charge < -0.3 is 15.0 Å². The molecule has 268 valence electrons. The highest BCUT2D eigenvalue weighted by Crippen LogP contribution is 2.53. The number of nitrogens with one attached hydrogen (secondary N) is 1. The number of aryl methyl sites for hydroxylation is 2. The summed E-state index contributed by atoms with van der Waals surface area (Å²) in [6.07, 6.45) is 15.3. The maximum atomic E-state index is 12.3. The molecule has 5 heteroatoms. The predicted molar refractivity (Wildman–Crippen MR) is 221 cm³/mol. The molecular weight excluding hydrogens is 645 g/mol. The number of hydrogen-bond donors (Lipinski definition) is 2. The first-order chi connectivity index (χ1) is 24.4. The van der Waals surface area contributed by atoms with Crippen LogP contribution >= 0.6 is 12.6 Å². The fourth-order valence-electron chi connectivity index (χ4n) is 8.08. The van der Waals surface area contributed by atoms with E-state index in [1.54, 1.807) is 7.11 Å². The third kappa shape index (κ3) is 7.90. The summed E-state index contributed by atoms with van der Waals surface area (Å²) in [5, 5.41) is 8.00. The average molecular weight is 701 g/mol. The Morgan fingerprint density at radius 1 is 0.922 bits per heavy atom. The zero-order chi connectivity index (χ0) is 36.8. The maximum absolute atomic E-state index is 12.3. The molecule has 0 bridgehead atoms. The monoisotopic (exact) mass is 700 g/mol. The lowest BCUT2D eigenvalue weighted by molar-refractivity contribution is -0.121. The van der Waals surface area contributed by atoms with E-state index in [-0.39, 0.29) is 16.7 Å². The van der Waals surface area contributed by atoms with Crippen LogP contribution in [-0.4, -0.2) is 32.7 Å². The number of anilines is 1. The van der Waals surface area contributed by atoms with Gasteiger partial charge in [0.25, 0.3) is 0 Å². The maximum Gasteiger partial charge on any atom is 0.220 e. The van der Waals surface area contributed by atoms with Crippen LogP contribution in [0, 0.1) is 13.8 Å². The van der Waals surface area contributed by atoms with Crippen LogP contribution in [0.15, 0.2) is 114 Å². The molecular formula is C46H56N2O2S. The highest BCUT2D eigenvalue weighted by atomic mass is 32.1. The number of carbonyl (C=O) groups is 1. The summed E-state index contributed by atoms with van der Waals surface area (Å²) in [5.41, 5.74) is 8.52. The minimum atomic E-state index is -0.234. The number of fused-ring (bicyclic) bond motifs is 4. The van der Waals surface area contributed by atoms with Crippen LogP contribution in [0.2, 0.25) is 0 Å². The van der Waals surface area contributed by atoms with Crippen molar-refractivity contribution in [1.29, 1.82) is 0 Å². The molecule has 1 heterocycles. The Hall–Kier alpha value is -4.06. The molecule has 1 amide bonds. The van der Waals surface area contributed by atoms with Gasteiger partial charge in [-0.15, -0.1) is 12.6 Å². The number of nitrogens with zero attached hydrogens (tertiary/aromatic N) is 1. The molecule has 0 aromatic heterocycles. The largest absolute Gasteiger partial charge is 0.383 e. The van der Waals surface area contributed by atoms with E-state index in [1.807, 2.05) is 0 Å². The quantitative estimate of drug-likeness (QED) is 0.0737. The van der Waals surface area contributed by atoms with Gasteiger partial charge in [0.05, 0.1) is 6.61 Å². The Balaban J connectivity index is 1.40. The fraction of sp³-hybridized carbons (Fsp3) is 0.370. The molecule has 1 unspecified atom stereocenters. The van der Waals surface area contributed by atoms with Crippen molar-refractivity contribution in [3.8, 4) is 0 Å². The van der Waals surface area contributed by atoms with Gasteiger partial charge in [-0.2, -0.15) is 0 Å². The Labute approximate surface area is 311 Å². The molecule has 0 aliphatic carbocycles. The number of unbranched alkanes of at least 4 members (excludes halogenated alkanes) is 2. The van der Waals surface area contributed by atoms with E-state index < -0.39 is 0 Å². The molecule has 0 fully saturated rings. The van der Waals surface area contributed by atoms with E-state index in [4.69, 9.17) is 17.4 Å². The summed E-state index contributed by atoms with van der Waals surface area (Å²) < 4.78 is 5.06. The molecule has 4 nitrogen and oxygen atoms in total. The molecule has 1 N–H and O–H groups in total. The third-order valence-corrected chi connectivity index (χ3v) is 11.3. The number of likely N-dealkylation sites (N-methyl/N-ethyl adjacent to an activating group) is 1. The van der Waals surface area contributed by atoms with E-state index in [1.165, 1.54) is 55.2 Å². The third-order valence-electron chi connectivity index (χ3n) is 10.9. The van der Waals surface area contributed by atoms with Crippen molar-refractivity contribution in [2.24, 2.45) is 0 Å². The van der Waals surface area contributed by atoms with Gasteiger partial charge in [0.1, 0.15) is 0 Å². The van der Waals surface area contributed by atoms with Gasteiger partial charge in [0.15, 0.2) is 0 Å². The number of allylic oxidation sites excluding steroid dienone is 7. The number of thiol groups is 1. The molecule has 0 spiro atoms. The summed E-state index contributed by atoms with van der Waals surface area (Å²) in [5.74, 6) is 0.0983. The standard InChI is InChI=1S/C46H56N2O2S/c1-9-48-39-28-27-36-38(21-17-22-40(36)51)44(39)46(7,29-15-11-14-24-42(49)47-30-31-50-8)41(48)23-13-10-12-19-34(4)45(5,6)43-33(3)25-26-35-32(2)18-16-20-37(35)43/h10,12-13,16-23,25-28,51H,4,9,11,14-15,24,29-31H2,1-3,5-8H3,(H,47,49)/b13-10+,19-12+,41-23+. The first-order valence-electron chi connectivity index (χ1n) is 18.5. The Morgan fingerprint density at radius 3 is 2.43 bits per heavy atom. The number of hydrogen-bond acceptors (Lipinski definition) is 4. The van der Waals surface area contributed by atoms with Crippen molar-refractivity contribution in [2.45, 2.75) is 89.4 Å². The first-order valence-corrected chi connectivity index (χ1v) is 18.9. The van der Waals surface area contributed by atoms with E-state index >= 15 is 0 Å². The SMILES string of the molecule is C=C(/C=C/C=C/C=C1/N(CC)c2ccc3c(S)cccc3c2C1(C)CCCCCC(=O)NCCOC)C(C)(C)c1c(C)ccc2c(C)cccc12. The smallest absolute Gasteiger partial charge is 0.220 e. The molecule has 0 saturated heterocycles. The Bertz CT molecular complexity index is 2000. The lowest BCUT2D eigenvalue weighted by atomic mass is 9.74. The summed E-state index contributed by atoms with van der Waals surface area (Å²) in [7, 11) is 1.65. The van der Waals surface area contributed by atoms with Gasteiger partial charge in [-0.1, -0.05) is 106 Å². The molecule has 51 heavy (non-hydrogen) atoms. The number of benzene rings is 4. The summed E-state index contributed by atoms with van der Waals surface area (Å²) >= 11 is 4.83. The van der Waals surface area contributed by atoms with Crippen LogP contribution in [0.25, 0.3) is 21.5 Å². The Morgan fingerprint density at radius 2 is 1.67 bits per heavy atom. The second-order valence-electron chi connectivity index (χ2n) is 14.7. The first kappa shape index (κ1) is 38.2. The van der Waals surface area contributed by atoms with E-state index in [0.29, 0.717) is 19.6 Å². The number of rotatable bonds is 15. The van der Waals surface area contributed by atoms with Gasteiger partial charge in [-0.25, -0.2) is 0 Å². The van der Waals surface area contributed by atoms with E-state index in [2.05, 4.69) is 149 Å².